The van der Waals surface area contributed by atoms with Crippen molar-refractivity contribution in [3.05, 3.63) is 24.3 Å². The fourth-order valence-electron chi connectivity index (χ4n) is 2.20. The second-order valence-corrected chi connectivity index (χ2v) is 6.33. The molecule has 0 aliphatic rings. The third-order valence-electron chi connectivity index (χ3n) is 4.18. The SMILES string of the molecule is CC[NH+](CC(=O)Nc1ccccc1OC)CC(=O)N(C)C(C)(C)C#N. The molecule has 0 aliphatic carbocycles. The van der Waals surface area contributed by atoms with Gasteiger partial charge < -0.3 is 19.9 Å². The fraction of sp³-hybridized carbons (Fsp3) is 0.500. The molecule has 0 saturated heterocycles. The van der Waals surface area contributed by atoms with Crippen LogP contribution in [0, 0.1) is 11.3 Å². The second kappa shape index (κ2) is 9.04. The Labute approximate surface area is 149 Å². The summed E-state index contributed by atoms with van der Waals surface area (Å²) in [5, 5.41) is 11.9. The minimum absolute atomic E-state index is 0.150. The molecule has 2 amide bonds. The number of likely N-dealkylation sites (N-methyl/N-ethyl adjacent to an activating group) is 2. The number of carbonyl (C=O) groups excluding carboxylic acids is 2. The van der Waals surface area contributed by atoms with E-state index in [1.165, 1.54) is 4.90 Å². The van der Waals surface area contributed by atoms with Gasteiger partial charge in [-0.05, 0) is 32.9 Å². The summed E-state index contributed by atoms with van der Waals surface area (Å²) in [5.41, 5.74) is -0.283. The van der Waals surface area contributed by atoms with Gasteiger partial charge in [0.1, 0.15) is 11.3 Å². The second-order valence-electron chi connectivity index (χ2n) is 6.33. The number of carbonyl (C=O) groups is 2. The molecule has 1 unspecified atom stereocenters. The monoisotopic (exact) mass is 347 g/mol. The zero-order valence-electron chi connectivity index (χ0n) is 15.5. The number of nitrogens with zero attached hydrogens (tertiary/aromatic N) is 2. The van der Waals surface area contributed by atoms with Crippen molar-refractivity contribution in [3.8, 4) is 11.8 Å². The molecule has 1 aromatic carbocycles. The average molecular weight is 347 g/mol. The Morgan fingerprint density at radius 3 is 2.52 bits per heavy atom. The van der Waals surface area contributed by atoms with Crippen molar-refractivity contribution in [2.24, 2.45) is 0 Å². The number of quaternary nitrogens is 1. The van der Waals surface area contributed by atoms with Gasteiger partial charge in [-0.3, -0.25) is 9.59 Å². The maximum absolute atomic E-state index is 12.4. The highest BCUT2D eigenvalue weighted by Crippen LogP contribution is 2.22. The highest BCUT2D eigenvalue weighted by molar-refractivity contribution is 5.93. The minimum atomic E-state index is -0.879. The average Bonchev–Trinajstić information content (AvgIpc) is 2.60. The summed E-state index contributed by atoms with van der Waals surface area (Å²) in [6.45, 7) is 6.20. The van der Waals surface area contributed by atoms with Crippen LogP contribution in [0.4, 0.5) is 5.69 Å². The third-order valence-corrected chi connectivity index (χ3v) is 4.18. The van der Waals surface area contributed by atoms with Crippen LogP contribution >= 0.6 is 0 Å². The van der Waals surface area contributed by atoms with Crippen LogP contribution in [0.2, 0.25) is 0 Å². The summed E-state index contributed by atoms with van der Waals surface area (Å²) < 4.78 is 5.21. The molecule has 2 N–H and O–H groups in total. The molecule has 1 aromatic rings. The lowest BCUT2D eigenvalue weighted by Crippen LogP contribution is -3.14. The van der Waals surface area contributed by atoms with E-state index in [1.807, 2.05) is 19.1 Å². The van der Waals surface area contributed by atoms with Gasteiger partial charge in [0.15, 0.2) is 13.1 Å². The van der Waals surface area contributed by atoms with Gasteiger partial charge in [-0.2, -0.15) is 5.26 Å². The summed E-state index contributed by atoms with van der Waals surface area (Å²) >= 11 is 0. The molecule has 136 valence electrons. The van der Waals surface area contributed by atoms with Crippen molar-refractivity contribution in [1.82, 2.24) is 4.90 Å². The Kier molecular flexibility index (Phi) is 7.40. The van der Waals surface area contributed by atoms with E-state index in [2.05, 4.69) is 11.4 Å². The lowest BCUT2D eigenvalue weighted by molar-refractivity contribution is -0.882. The van der Waals surface area contributed by atoms with Gasteiger partial charge in [0.25, 0.3) is 11.8 Å². The Morgan fingerprint density at radius 1 is 1.32 bits per heavy atom. The van der Waals surface area contributed by atoms with Gasteiger partial charge >= 0.3 is 0 Å². The highest BCUT2D eigenvalue weighted by atomic mass is 16.5. The number of hydrogen-bond donors (Lipinski definition) is 2. The van der Waals surface area contributed by atoms with Gasteiger partial charge in [-0.15, -0.1) is 0 Å². The number of rotatable bonds is 8. The van der Waals surface area contributed by atoms with E-state index in [4.69, 9.17) is 10.00 Å². The van der Waals surface area contributed by atoms with Crippen LogP contribution < -0.4 is 15.0 Å². The number of methoxy groups -OCH3 is 1. The van der Waals surface area contributed by atoms with Crippen LogP contribution in [0.15, 0.2) is 24.3 Å². The molecule has 0 aliphatic heterocycles. The molecule has 0 aromatic heterocycles. The van der Waals surface area contributed by atoms with Crippen LogP contribution in [0.5, 0.6) is 5.75 Å². The largest absolute Gasteiger partial charge is 0.495 e. The minimum Gasteiger partial charge on any atom is -0.495 e. The summed E-state index contributed by atoms with van der Waals surface area (Å²) in [6.07, 6.45) is 0. The Hall–Kier alpha value is -2.59. The predicted octanol–water partition coefficient (Wildman–Crippen LogP) is 0.299. The van der Waals surface area contributed by atoms with Crippen LogP contribution in [-0.2, 0) is 9.59 Å². The normalized spacial score (nSPS) is 12.0. The molecular weight excluding hydrogens is 320 g/mol. The Bertz CT molecular complexity index is 652. The number of benzene rings is 1. The van der Waals surface area contributed by atoms with E-state index < -0.39 is 5.54 Å². The van der Waals surface area contributed by atoms with Gasteiger partial charge in [-0.25, -0.2) is 0 Å². The maximum Gasteiger partial charge on any atom is 0.279 e. The number of amides is 2. The standard InChI is InChI=1S/C18H26N4O3/c1-6-22(12-17(24)21(4)18(2,3)13-19)11-16(23)20-14-9-7-8-10-15(14)25-5/h7-10H,6,11-12H2,1-5H3,(H,20,23)/p+1. The number of anilines is 1. The molecule has 1 rings (SSSR count). The van der Waals surface area contributed by atoms with E-state index in [1.54, 1.807) is 40.1 Å². The molecule has 7 nitrogen and oxygen atoms in total. The van der Waals surface area contributed by atoms with Crippen LogP contribution in [0.3, 0.4) is 0 Å². The summed E-state index contributed by atoms with van der Waals surface area (Å²) in [4.78, 5) is 26.9. The van der Waals surface area contributed by atoms with Gasteiger partial charge in [0.2, 0.25) is 0 Å². The zero-order chi connectivity index (χ0) is 19.0. The smallest absolute Gasteiger partial charge is 0.279 e. The quantitative estimate of drug-likeness (QED) is 0.708. The van der Waals surface area contributed by atoms with Gasteiger partial charge in [0, 0.05) is 7.05 Å². The van der Waals surface area contributed by atoms with E-state index in [-0.39, 0.29) is 24.9 Å². The van der Waals surface area contributed by atoms with Crippen molar-refractivity contribution in [1.29, 1.82) is 5.26 Å². The van der Waals surface area contributed by atoms with Crippen molar-refractivity contribution in [2.75, 3.05) is 39.1 Å². The number of nitrogens with one attached hydrogen (secondary N) is 2. The maximum atomic E-state index is 12.4. The topological polar surface area (TPSA) is 86.9 Å². The number of ether oxygens (including phenoxy) is 1. The van der Waals surface area contributed by atoms with Crippen LogP contribution in [-0.4, -0.2) is 56.0 Å². The van der Waals surface area contributed by atoms with Crippen molar-refractivity contribution in [3.63, 3.8) is 0 Å². The third kappa shape index (κ3) is 5.76. The van der Waals surface area contributed by atoms with E-state index in [0.29, 0.717) is 18.0 Å². The molecule has 7 heteroatoms. The molecule has 1 atom stereocenters. The lowest BCUT2D eigenvalue weighted by atomic mass is 10.1. The Morgan fingerprint density at radius 2 is 1.96 bits per heavy atom. The number of nitriles is 1. The Balaban J connectivity index is 2.68. The first-order valence-corrected chi connectivity index (χ1v) is 8.19. The van der Waals surface area contributed by atoms with Crippen molar-refractivity contribution < 1.29 is 19.2 Å². The van der Waals surface area contributed by atoms with Crippen LogP contribution in [0.25, 0.3) is 0 Å². The molecule has 0 heterocycles. The van der Waals surface area contributed by atoms with Crippen molar-refractivity contribution >= 4 is 17.5 Å². The molecule has 0 fully saturated rings. The van der Waals surface area contributed by atoms with Gasteiger partial charge in [-0.1, -0.05) is 12.1 Å². The van der Waals surface area contributed by atoms with E-state index in [0.717, 1.165) is 4.90 Å². The lowest BCUT2D eigenvalue weighted by Gasteiger charge is -2.30. The van der Waals surface area contributed by atoms with Crippen LogP contribution in [0.1, 0.15) is 20.8 Å². The zero-order valence-corrected chi connectivity index (χ0v) is 15.5. The molecule has 0 radical (unpaired) electrons. The van der Waals surface area contributed by atoms with Gasteiger partial charge in [0.05, 0.1) is 25.4 Å². The molecule has 0 saturated carbocycles. The number of hydrogen-bond acceptors (Lipinski definition) is 4. The van der Waals surface area contributed by atoms with Crippen molar-refractivity contribution in [2.45, 2.75) is 26.3 Å². The first-order chi connectivity index (χ1) is 11.7. The summed E-state index contributed by atoms with van der Waals surface area (Å²) in [5.74, 6) is 0.213. The summed E-state index contributed by atoms with van der Waals surface area (Å²) in [6, 6.07) is 9.26. The first-order valence-electron chi connectivity index (χ1n) is 8.19. The molecule has 0 spiro atoms. The predicted molar refractivity (Wildman–Crippen MR) is 95.3 cm³/mol. The molecule has 0 bridgehead atoms. The van der Waals surface area contributed by atoms with E-state index in [9.17, 15) is 9.59 Å². The van der Waals surface area contributed by atoms with E-state index >= 15 is 0 Å². The fourth-order valence-corrected chi connectivity index (χ4v) is 2.20. The summed E-state index contributed by atoms with van der Waals surface area (Å²) in [7, 11) is 3.15. The first kappa shape index (κ1) is 20.5. The highest BCUT2D eigenvalue weighted by Gasteiger charge is 2.29. The number of para-hydroxylation sites is 2. The molecule has 25 heavy (non-hydrogen) atoms. The molecular formula is C18H27N4O3+.